The van der Waals surface area contributed by atoms with Gasteiger partial charge in [-0.3, -0.25) is 9.78 Å². The summed E-state index contributed by atoms with van der Waals surface area (Å²) in [7, 11) is 0. The molecule has 0 radical (unpaired) electrons. The number of unbranched alkanes of at least 4 members (excludes halogenated alkanes) is 3. The second-order valence-electron chi connectivity index (χ2n) is 6.17. The van der Waals surface area contributed by atoms with Gasteiger partial charge in [-0.25, -0.2) is 0 Å². The van der Waals surface area contributed by atoms with Crippen LogP contribution in [0.1, 0.15) is 48.5 Å². The average molecular weight is 333 g/mol. The van der Waals surface area contributed by atoms with Crippen LogP contribution < -0.4 is 4.74 Å². The van der Waals surface area contributed by atoms with Gasteiger partial charge in [0.1, 0.15) is 5.75 Å². The number of aromatic nitrogens is 1. The van der Waals surface area contributed by atoms with Crippen LogP contribution in [-0.2, 0) is 0 Å². The quantitative estimate of drug-likeness (QED) is 0.408. The average Bonchev–Trinajstić information content (AvgIpc) is 2.67. The van der Waals surface area contributed by atoms with E-state index in [0.717, 1.165) is 29.5 Å². The summed E-state index contributed by atoms with van der Waals surface area (Å²) < 4.78 is 5.74. The van der Waals surface area contributed by atoms with Gasteiger partial charge >= 0.3 is 0 Å². The molecule has 0 spiro atoms. The second-order valence-corrected chi connectivity index (χ2v) is 6.17. The van der Waals surface area contributed by atoms with Crippen LogP contribution in [0.2, 0.25) is 0 Å². The normalized spacial score (nSPS) is 10.8. The van der Waals surface area contributed by atoms with Crippen molar-refractivity contribution in [3.8, 4) is 5.75 Å². The zero-order chi connectivity index (χ0) is 17.5. The van der Waals surface area contributed by atoms with Crippen molar-refractivity contribution in [2.45, 2.75) is 32.6 Å². The Hall–Kier alpha value is -2.68. The molecular formula is C22H23NO2. The number of ketones is 1. The molecule has 0 unspecified atom stereocenters. The lowest BCUT2D eigenvalue weighted by Gasteiger charge is -2.08. The summed E-state index contributed by atoms with van der Waals surface area (Å²) in [5, 5.41) is 1.90. The maximum atomic E-state index is 12.8. The van der Waals surface area contributed by atoms with Gasteiger partial charge in [-0.15, -0.1) is 0 Å². The van der Waals surface area contributed by atoms with Gasteiger partial charge in [0.2, 0.25) is 0 Å². The number of carbonyl (C=O) groups is 1. The van der Waals surface area contributed by atoms with Gasteiger partial charge in [-0.1, -0.05) is 50.5 Å². The van der Waals surface area contributed by atoms with Crippen molar-refractivity contribution in [1.29, 1.82) is 0 Å². The molecule has 0 N–H and O–H groups in total. The molecule has 0 aliphatic carbocycles. The van der Waals surface area contributed by atoms with Crippen LogP contribution in [0.15, 0.2) is 60.9 Å². The fourth-order valence-corrected chi connectivity index (χ4v) is 2.87. The van der Waals surface area contributed by atoms with Gasteiger partial charge in [-0.2, -0.15) is 0 Å². The van der Waals surface area contributed by atoms with E-state index in [1.807, 2.05) is 48.5 Å². The zero-order valence-corrected chi connectivity index (χ0v) is 14.6. The molecule has 25 heavy (non-hydrogen) atoms. The summed E-state index contributed by atoms with van der Waals surface area (Å²) in [5.74, 6) is 0.794. The molecule has 1 heterocycles. The molecular weight excluding hydrogens is 310 g/mol. The highest BCUT2D eigenvalue weighted by Crippen LogP contribution is 2.21. The highest BCUT2D eigenvalue weighted by Gasteiger charge is 2.13. The molecule has 3 nitrogen and oxygen atoms in total. The molecule has 0 aliphatic rings. The van der Waals surface area contributed by atoms with E-state index in [-0.39, 0.29) is 5.78 Å². The van der Waals surface area contributed by atoms with Crippen LogP contribution >= 0.6 is 0 Å². The van der Waals surface area contributed by atoms with Crippen LogP contribution in [0.25, 0.3) is 10.8 Å². The summed E-state index contributed by atoms with van der Waals surface area (Å²) in [6.07, 6.45) is 8.15. The Morgan fingerprint density at radius 1 is 0.960 bits per heavy atom. The number of nitrogens with zero attached hydrogens (tertiary/aromatic N) is 1. The third-order valence-corrected chi connectivity index (χ3v) is 4.30. The Balaban J connectivity index is 1.70. The lowest BCUT2D eigenvalue weighted by molar-refractivity contribution is 0.104. The van der Waals surface area contributed by atoms with Crippen LogP contribution in [0.5, 0.6) is 5.75 Å². The molecule has 1 aromatic heterocycles. The fraction of sp³-hybridized carbons (Fsp3) is 0.273. The van der Waals surface area contributed by atoms with Gasteiger partial charge in [0.25, 0.3) is 0 Å². The first-order chi connectivity index (χ1) is 12.3. The molecule has 0 aliphatic heterocycles. The Kier molecular flexibility index (Phi) is 5.78. The lowest BCUT2D eigenvalue weighted by atomic mass is 10.00. The van der Waals surface area contributed by atoms with Gasteiger partial charge < -0.3 is 4.74 Å². The number of hydrogen-bond acceptors (Lipinski definition) is 3. The number of fused-ring (bicyclic) bond motifs is 1. The molecule has 0 bridgehead atoms. The third kappa shape index (κ3) is 4.24. The maximum Gasteiger partial charge on any atom is 0.195 e. The van der Waals surface area contributed by atoms with Gasteiger partial charge in [0.05, 0.1) is 6.61 Å². The van der Waals surface area contributed by atoms with E-state index in [1.165, 1.54) is 19.3 Å². The van der Waals surface area contributed by atoms with Crippen LogP contribution in [0.4, 0.5) is 0 Å². The predicted molar refractivity (Wildman–Crippen MR) is 101 cm³/mol. The van der Waals surface area contributed by atoms with E-state index in [4.69, 9.17) is 4.74 Å². The molecule has 0 atom stereocenters. The van der Waals surface area contributed by atoms with E-state index in [2.05, 4.69) is 11.9 Å². The fourth-order valence-electron chi connectivity index (χ4n) is 2.87. The SMILES string of the molecule is CCCCCCOc1ccc(C(=O)c2cncc3ccccc23)cc1. The number of rotatable bonds is 8. The van der Waals surface area contributed by atoms with Crippen molar-refractivity contribution in [3.63, 3.8) is 0 Å². The minimum atomic E-state index is -0.0150. The van der Waals surface area contributed by atoms with E-state index >= 15 is 0 Å². The molecule has 0 saturated heterocycles. The molecule has 0 fully saturated rings. The molecule has 0 amide bonds. The highest BCUT2D eigenvalue weighted by atomic mass is 16.5. The number of hydrogen-bond donors (Lipinski definition) is 0. The first-order valence-electron chi connectivity index (χ1n) is 8.90. The smallest absolute Gasteiger partial charge is 0.195 e. The minimum absolute atomic E-state index is 0.0150. The summed E-state index contributed by atoms with van der Waals surface area (Å²) in [6.45, 7) is 2.92. The van der Waals surface area contributed by atoms with Crippen molar-refractivity contribution in [2.24, 2.45) is 0 Å². The Labute approximate surface area is 148 Å². The second kappa shape index (κ2) is 8.43. The number of carbonyl (C=O) groups excluding carboxylic acids is 1. The van der Waals surface area contributed by atoms with Gasteiger partial charge in [0.15, 0.2) is 5.78 Å². The minimum Gasteiger partial charge on any atom is -0.494 e. The van der Waals surface area contributed by atoms with Crippen molar-refractivity contribution in [2.75, 3.05) is 6.61 Å². The van der Waals surface area contributed by atoms with E-state index < -0.39 is 0 Å². The summed E-state index contributed by atoms with van der Waals surface area (Å²) in [5.41, 5.74) is 1.28. The van der Waals surface area contributed by atoms with Crippen molar-refractivity contribution in [3.05, 3.63) is 72.1 Å². The largest absolute Gasteiger partial charge is 0.494 e. The molecule has 0 saturated carbocycles. The Morgan fingerprint density at radius 2 is 1.76 bits per heavy atom. The first kappa shape index (κ1) is 17.2. The molecule has 2 aromatic carbocycles. The summed E-state index contributed by atoms with van der Waals surface area (Å²) >= 11 is 0. The summed E-state index contributed by atoms with van der Waals surface area (Å²) in [4.78, 5) is 17.0. The van der Waals surface area contributed by atoms with Gasteiger partial charge in [0, 0.05) is 28.9 Å². The number of benzene rings is 2. The number of ether oxygens (including phenoxy) is 1. The highest BCUT2D eigenvalue weighted by molar-refractivity contribution is 6.16. The van der Waals surface area contributed by atoms with Gasteiger partial charge in [-0.05, 0) is 36.1 Å². The summed E-state index contributed by atoms with van der Waals surface area (Å²) in [6, 6.07) is 15.2. The Bertz CT molecular complexity index is 835. The van der Waals surface area contributed by atoms with Crippen LogP contribution in [0.3, 0.4) is 0 Å². The predicted octanol–water partition coefficient (Wildman–Crippen LogP) is 5.42. The maximum absolute atomic E-state index is 12.8. The standard InChI is InChI=1S/C22H23NO2/c1-2-3-4-7-14-25-19-12-10-17(11-13-19)22(24)21-16-23-15-18-8-5-6-9-20(18)21/h5-6,8-13,15-16H,2-4,7,14H2,1H3. The lowest BCUT2D eigenvalue weighted by Crippen LogP contribution is -2.03. The van der Waals surface area contributed by atoms with E-state index in [0.29, 0.717) is 11.1 Å². The van der Waals surface area contributed by atoms with Crippen LogP contribution in [-0.4, -0.2) is 17.4 Å². The Morgan fingerprint density at radius 3 is 2.56 bits per heavy atom. The molecule has 3 heteroatoms. The first-order valence-corrected chi connectivity index (χ1v) is 8.90. The third-order valence-electron chi connectivity index (χ3n) is 4.30. The van der Waals surface area contributed by atoms with Crippen molar-refractivity contribution in [1.82, 2.24) is 4.98 Å². The van der Waals surface area contributed by atoms with Crippen LogP contribution in [0, 0.1) is 0 Å². The van der Waals surface area contributed by atoms with E-state index in [9.17, 15) is 4.79 Å². The monoisotopic (exact) mass is 333 g/mol. The topological polar surface area (TPSA) is 39.2 Å². The molecule has 3 rings (SSSR count). The van der Waals surface area contributed by atoms with Crippen molar-refractivity contribution >= 4 is 16.6 Å². The molecule has 128 valence electrons. The van der Waals surface area contributed by atoms with E-state index in [1.54, 1.807) is 12.4 Å². The molecule has 3 aromatic rings. The van der Waals surface area contributed by atoms with Crippen molar-refractivity contribution < 1.29 is 9.53 Å². The number of pyridine rings is 1. The zero-order valence-electron chi connectivity index (χ0n) is 14.6.